The number of hydrogen-bond donors (Lipinski definition) is 0. The molecule has 0 N–H and O–H groups in total. The Bertz CT molecular complexity index is 282. The number of hydrogen-bond acceptors (Lipinski definition) is 0. The standard InChI is InChI=1S/C20H38/c1-6-9-11-16(4)17(5)14-18-12-10-13-20(15-18)19(7-2)8-3/h18-20H,6-15H2,1-5H3. The van der Waals surface area contributed by atoms with Crippen LogP contribution < -0.4 is 0 Å². The summed E-state index contributed by atoms with van der Waals surface area (Å²) in [6, 6.07) is 0. The molecule has 20 heavy (non-hydrogen) atoms. The molecule has 0 radical (unpaired) electrons. The Labute approximate surface area is 128 Å². The average Bonchev–Trinajstić information content (AvgIpc) is 2.46. The maximum Gasteiger partial charge on any atom is -0.0292 e. The van der Waals surface area contributed by atoms with E-state index in [1.54, 1.807) is 11.1 Å². The van der Waals surface area contributed by atoms with Gasteiger partial charge in [0.25, 0.3) is 0 Å². The van der Waals surface area contributed by atoms with E-state index in [2.05, 4.69) is 34.6 Å². The third kappa shape index (κ3) is 5.62. The minimum absolute atomic E-state index is 0.978. The third-order valence-corrected chi connectivity index (χ3v) is 5.77. The predicted molar refractivity (Wildman–Crippen MR) is 92.0 cm³/mol. The number of rotatable bonds is 8. The minimum Gasteiger partial charge on any atom is -0.0744 e. The molecule has 0 heterocycles. The molecule has 2 unspecified atom stereocenters. The Balaban J connectivity index is 2.51. The van der Waals surface area contributed by atoms with E-state index in [4.69, 9.17) is 0 Å². The fourth-order valence-electron chi connectivity index (χ4n) is 4.16. The molecule has 2 atom stereocenters. The highest BCUT2D eigenvalue weighted by molar-refractivity contribution is 5.10. The largest absolute Gasteiger partial charge is 0.0744 e. The van der Waals surface area contributed by atoms with Gasteiger partial charge in [-0.25, -0.2) is 0 Å². The lowest BCUT2D eigenvalue weighted by Gasteiger charge is -2.34. The SMILES string of the molecule is CCCCC(C)=C(C)CC1CCCC(C(CC)CC)C1. The first-order valence-corrected chi connectivity index (χ1v) is 9.27. The molecule has 118 valence electrons. The van der Waals surface area contributed by atoms with Crippen molar-refractivity contribution in [3.8, 4) is 0 Å². The highest BCUT2D eigenvalue weighted by Crippen LogP contribution is 2.39. The van der Waals surface area contributed by atoms with Crippen molar-refractivity contribution >= 4 is 0 Å². The Hall–Kier alpha value is -0.260. The van der Waals surface area contributed by atoms with Crippen molar-refractivity contribution in [2.45, 2.75) is 98.8 Å². The van der Waals surface area contributed by atoms with Gasteiger partial charge in [-0.2, -0.15) is 0 Å². The summed E-state index contributed by atoms with van der Waals surface area (Å²) >= 11 is 0. The normalized spacial score (nSPS) is 24.9. The molecular formula is C20H38. The van der Waals surface area contributed by atoms with Crippen molar-refractivity contribution in [3.05, 3.63) is 11.1 Å². The van der Waals surface area contributed by atoms with Crippen LogP contribution in [0.4, 0.5) is 0 Å². The molecule has 1 aliphatic carbocycles. The zero-order valence-corrected chi connectivity index (χ0v) is 14.8. The topological polar surface area (TPSA) is 0 Å². The van der Waals surface area contributed by atoms with E-state index in [9.17, 15) is 0 Å². The lowest BCUT2D eigenvalue weighted by Crippen LogP contribution is -2.22. The summed E-state index contributed by atoms with van der Waals surface area (Å²) in [5.41, 5.74) is 3.38. The molecule has 1 aliphatic rings. The summed E-state index contributed by atoms with van der Waals surface area (Å²) in [6.07, 6.45) is 14.1. The van der Waals surface area contributed by atoms with E-state index in [0.29, 0.717) is 0 Å². The monoisotopic (exact) mass is 278 g/mol. The quantitative estimate of drug-likeness (QED) is 0.414. The molecule has 0 amide bonds. The molecule has 1 fully saturated rings. The summed E-state index contributed by atoms with van der Waals surface area (Å²) in [4.78, 5) is 0. The summed E-state index contributed by atoms with van der Waals surface area (Å²) < 4.78 is 0. The first kappa shape index (κ1) is 17.8. The molecule has 1 saturated carbocycles. The van der Waals surface area contributed by atoms with Crippen LogP contribution in [0.1, 0.15) is 98.8 Å². The molecule has 0 spiro atoms. The van der Waals surface area contributed by atoms with Crippen LogP contribution in [0.25, 0.3) is 0 Å². The van der Waals surface area contributed by atoms with Gasteiger partial charge in [-0.05, 0) is 57.3 Å². The Morgan fingerprint density at radius 3 is 2.30 bits per heavy atom. The second kappa shape index (κ2) is 9.64. The second-order valence-electron chi connectivity index (χ2n) is 7.24. The first-order chi connectivity index (χ1) is 9.62. The van der Waals surface area contributed by atoms with Gasteiger partial charge in [0.2, 0.25) is 0 Å². The fourth-order valence-corrected chi connectivity index (χ4v) is 4.16. The van der Waals surface area contributed by atoms with E-state index in [1.165, 1.54) is 64.2 Å². The highest BCUT2D eigenvalue weighted by Gasteiger charge is 2.26. The Morgan fingerprint density at radius 1 is 1.00 bits per heavy atom. The van der Waals surface area contributed by atoms with Crippen molar-refractivity contribution in [3.63, 3.8) is 0 Å². The van der Waals surface area contributed by atoms with Crippen LogP contribution in [-0.4, -0.2) is 0 Å². The van der Waals surface area contributed by atoms with Gasteiger partial charge in [0.1, 0.15) is 0 Å². The van der Waals surface area contributed by atoms with Crippen LogP contribution in [0.3, 0.4) is 0 Å². The molecule has 0 nitrogen and oxygen atoms in total. The lowest BCUT2D eigenvalue weighted by molar-refractivity contribution is 0.185. The maximum absolute atomic E-state index is 2.39. The third-order valence-electron chi connectivity index (χ3n) is 5.77. The predicted octanol–water partition coefficient (Wildman–Crippen LogP) is 7.15. The summed E-state index contributed by atoms with van der Waals surface area (Å²) in [5, 5.41) is 0. The van der Waals surface area contributed by atoms with Gasteiger partial charge in [-0.3, -0.25) is 0 Å². The van der Waals surface area contributed by atoms with Crippen molar-refractivity contribution in [1.82, 2.24) is 0 Å². The van der Waals surface area contributed by atoms with Crippen LogP contribution in [0.15, 0.2) is 11.1 Å². The van der Waals surface area contributed by atoms with Gasteiger partial charge in [0, 0.05) is 0 Å². The fraction of sp³-hybridized carbons (Fsp3) is 0.900. The summed E-state index contributed by atoms with van der Waals surface area (Å²) in [6.45, 7) is 11.8. The summed E-state index contributed by atoms with van der Waals surface area (Å²) in [7, 11) is 0. The van der Waals surface area contributed by atoms with Crippen molar-refractivity contribution in [2.24, 2.45) is 17.8 Å². The molecule has 0 aromatic rings. The van der Waals surface area contributed by atoms with Gasteiger partial charge < -0.3 is 0 Å². The molecule has 0 aliphatic heterocycles. The van der Waals surface area contributed by atoms with E-state index in [-0.39, 0.29) is 0 Å². The van der Waals surface area contributed by atoms with Gasteiger partial charge >= 0.3 is 0 Å². The number of allylic oxidation sites excluding steroid dienone is 2. The molecular weight excluding hydrogens is 240 g/mol. The van der Waals surface area contributed by atoms with Crippen LogP contribution in [0.2, 0.25) is 0 Å². The Kier molecular flexibility index (Phi) is 8.57. The molecule has 0 bridgehead atoms. The van der Waals surface area contributed by atoms with Crippen molar-refractivity contribution in [1.29, 1.82) is 0 Å². The van der Waals surface area contributed by atoms with Crippen LogP contribution >= 0.6 is 0 Å². The van der Waals surface area contributed by atoms with Crippen molar-refractivity contribution < 1.29 is 0 Å². The smallest absolute Gasteiger partial charge is 0.0292 e. The zero-order valence-electron chi connectivity index (χ0n) is 14.8. The van der Waals surface area contributed by atoms with Crippen LogP contribution in [0, 0.1) is 17.8 Å². The lowest BCUT2D eigenvalue weighted by atomic mass is 9.71. The Morgan fingerprint density at radius 2 is 1.70 bits per heavy atom. The van der Waals surface area contributed by atoms with E-state index in [0.717, 1.165) is 17.8 Å². The van der Waals surface area contributed by atoms with Gasteiger partial charge in [-0.15, -0.1) is 0 Å². The van der Waals surface area contributed by atoms with E-state index in [1.807, 2.05) is 0 Å². The molecule has 0 aromatic heterocycles. The van der Waals surface area contributed by atoms with Crippen LogP contribution in [-0.2, 0) is 0 Å². The van der Waals surface area contributed by atoms with E-state index >= 15 is 0 Å². The first-order valence-electron chi connectivity index (χ1n) is 9.27. The average molecular weight is 279 g/mol. The maximum atomic E-state index is 2.39. The minimum atomic E-state index is 0.978. The molecule has 1 rings (SSSR count). The van der Waals surface area contributed by atoms with Gasteiger partial charge in [0.05, 0.1) is 0 Å². The van der Waals surface area contributed by atoms with E-state index < -0.39 is 0 Å². The summed E-state index contributed by atoms with van der Waals surface area (Å²) in [5.74, 6) is 2.99. The highest BCUT2D eigenvalue weighted by atomic mass is 14.3. The van der Waals surface area contributed by atoms with Crippen molar-refractivity contribution in [2.75, 3.05) is 0 Å². The van der Waals surface area contributed by atoms with Gasteiger partial charge in [-0.1, -0.05) is 70.4 Å². The second-order valence-corrected chi connectivity index (χ2v) is 7.24. The van der Waals surface area contributed by atoms with Crippen LogP contribution in [0.5, 0.6) is 0 Å². The zero-order chi connectivity index (χ0) is 15.0. The number of unbranched alkanes of at least 4 members (excludes halogenated alkanes) is 1. The molecule has 0 saturated heterocycles. The molecule has 0 aromatic carbocycles. The molecule has 0 heteroatoms. The van der Waals surface area contributed by atoms with Gasteiger partial charge in [0.15, 0.2) is 0 Å².